The molecule has 2 aromatic rings. The first kappa shape index (κ1) is 15.5. The van der Waals surface area contributed by atoms with E-state index in [0.29, 0.717) is 12.3 Å². The Bertz CT molecular complexity index is 581. The number of rotatable bonds is 7. The second-order valence-corrected chi connectivity index (χ2v) is 5.69. The van der Waals surface area contributed by atoms with E-state index in [2.05, 4.69) is 15.0 Å². The van der Waals surface area contributed by atoms with Crippen molar-refractivity contribution in [3.63, 3.8) is 0 Å². The third kappa shape index (κ3) is 4.84. The van der Waals surface area contributed by atoms with Gasteiger partial charge in [0.25, 0.3) is 0 Å². The molecule has 2 heterocycles. The van der Waals surface area contributed by atoms with Crippen molar-refractivity contribution in [2.24, 2.45) is 0 Å². The number of methoxy groups -OCH3 is 2. The van der Waals surface area contributed by atoms with Gasteiger partial charge in [-0.15, -0.1) is 11.3 Å². The number of nitrogens with one attached hydrogen (secondary N) is 1. The monoisotopic (exact) mass is 306 g/mol. The highest BCUT2D eigenvalue weighted by atomic mass is 32.1. The second kappa shape index (κ2) is 7.75. The number of pyridine rings is 1. The molecule has 2 aromatic heterocycles. The van der Waals surface area contributed by atoms with E-state index in [9.17, 15) is 4.79 Å². The molecule has 0 amide bonds. The van der Waals surface area contributed by atoms with Gasteiger partial charge in [-0.25, -0.2) is 4.98 Å². The van der Waals surface area contributed by atoms with Gasteiger partial charge in [0.2, 0.25) is 5.88 Å². The Balaban J connectivity index is 1.79. The highest BCUT2D eigenvalue weighted by molar-refractivity contribution is 7.12. The van der Waals surface area contributed by atoms with E-state index in [1.165, 1.54) is 12.0 Å². The Labute approximate surface area is 127 Å². The second-order valence-electron chi connectivity index (χ2n) is 4.43. The maximum absolute atomic E-state index is 11.2. The number of hydrogen-bond acceptors (Lipinski definition) is 6. The smallest absolute Gasteiger partial charge is 0.310 e. The van der Waals surface area contributed by atoms with Crippen LogP contribution in [0.1, 0.15) is 15.3 Å². The zero-order valence-corrected chi connectivity index (χ0v) is 12.9. The predicted octanol–water partition coefficient (Wildman–Crippen LogP) is 2.16. The fourth-order valence-electron chi connectivity index (χ4n) is 1.79. The Morgan fingerprint density at radius 2 is 2.00 bits per heavy atom. The lowest BCUT2D eigenvalue weighted by Gasteiger charge is -2.04. The summed E-state index contributed by atoms with van der Waals surface area (Å²) in [5.41, 5.74) is 1.10. The molecular weight excluding hydrogens is 288 g/mol. The van der Waals surface area contributed by atoms with Crippen LogP contribution in [-0.4, -0.2) is 25.2 Å². The minimum absolute atomic E-state index is 0.208. The average Bonchev–Trinajstić information content (AvgIpc) is 2.95. The molecule has 112 valence electrons. The summed E-state index contributed by atoms with van der Waals surface area (Å²) in [6.45, 7) is 1.50. The third-order valence-electron chi connectivity index (χ3n) is 2.90. The predicted molar refractivity (Wildman–Crippen MR) is 81.4 cm³/mol. The molecule has 0 aromatic carbocycles. The van der Waals surface area contributed by atoms with Gasteiger partial charge in [0.15, 0.2) is 0 Å². The molecular formula is C15H18N2O3S. The van der Waals surface area contributed by atoms with Gasteiger partial charge >= 0.3 is 5.97 Å². The standard InChI is InChI=1S/C15H18N2O3S/c1-19-14-6-3-11(9-17-14)8-16-10-13-5-4-12(21-13)7-15(18)20-2/h3-6,9,16H,7-8,10H2,1-2H3. The molecule has 0 aliphatic rings. The zero-order chi connectivity index (χ0) is 15.1. The normalized spacial score (nSPS) is 10.4. The van der Waals surface area contributed by atoms with Crippen molar-refractivity contribution in [3.05, 3.63) is 45.8 Å². The first-order chi connectivity index (χ1) is 10.2. The van der Waals surface area contributed by atoms with Crippen molar-refractivity contribution in [2.75, 3.05) is 14.2 Å². The first-order valence-corrected chi connectivity index (χ1v) is 7.37. The average molecular weight is 306 g/mol. The summed E-state index contributed by atoms with van der Waals surface area (Å²) in [4.78, 5) is 17.6. The third-order valence-corrected chi connectivity index (χ3v) is 3.98. The van der Waals surface area contributed by atoms with Crippen LogP contribution in [-0.2, 0) is 29.0 Å². The molecule has 1 N–H and O–H groups in total. The molecule has 5 nitrogen and oxygen atoms in total. The highest BCUT2D eigenvalue weighted by Gasteiger charge is 2.06. The molecule has 0 saturated heterocycles. The zero-order valence-electron chi connectivity index (χ0n) is 12.1. The SMILES string of the molecule is COC(=O)Cc1ccc(CNCc2ccc(OC)nc2)s1. The summed E-state index contributed by atoms with van der Waals surface area (Å²) in [6, 6.07) is 7.82. The Kier molecular flexibility index (Phi) is 5.71. The van der Waals surface area contributed by atoms with Gasteiger partial charge in [-0.1, -0.05) is 6.07 Å². The van der Waals surface area contributed by atoms with Gasteiger partial charge in [0, 0.05) is 35.1 Å². The van der Waals surface area contributed by atoms with Crippen LogP contribution in [0.25, 0.3) is 0 Å². The van der Waals surface area contributed by atoms with E-state index in [4.69, 9.17) is 4.74 Å². The van der Waals surface area contributed by atoms with Gasteiger partial charge < -0.3 is 14.8 Å². The number of aromatic nitrogens is 1. The Morgan fingerprint density at radius 1 is 1.19 bits per heavy atom. The van der Waals surface area contributed by atoms with E-state index >= 15 is 0 Å². The van der Waals surface area contributed by atoms with Crippen molar-refractivity contribution in [1.82, 2.24) is 10.3 Å². The number of carbonyl (C=O) groups excluding carboxylic acids is 1. The lowest BCUT2D eigenvalue weighted by Crippen LogP contribution is -2.11. The van der Waals surface area contributed by atoms with Gasteiger partial charge in [-0.05, 0) is 17.7 Å². The van der Waals surface area contributed by atoms with Gasteiger partial charge in [0.05, 0.1) is 20.6 Å². The lowest BCUT2D eigenvalue weighted by atomic mass is 10.3. The number of nitrogens with zero attached hydrogens (tertiary/aromatic N) is 1. The van der Waals surface area contributed by atoms with Gasteiger partial charge in [-0.2, -0.15) is 0 Å². The maximum Gasteiger partial charge on any atom is 0.310 e. The summed E-state index contributed by atoms with van der Waals surface area (Å²) in [5.74, 6) is 0.408. The van der Waals surface area contributed by atoms with Crippen LogP contribution in [0.4, 0.5) is 0 Å². The topological polar surface area (TPSA) is 60.5 Å². The number of esters is 1. The summed E-state index contributed by atoms with van der Waals surface area (Å²) in [7, 11) is 3.00. The van der Waals surface area contributed by atoms with Crippen molar-refractivity contribution >= 4 is 17.3 Å². The first-order valence-electron chi connectivity index (χ1n) is 6.55. The summed E-state index contributed by atoms with van der Waals surface area (Å²) < 4.78 is 9.68. The van der Waals surface area contributed by atoms with Crippen LogP contribution in [0.2, 0.25) is 0 Å². The molecule has 0 spiro atoms. The Morgan fingerprint density at radius 3 is 2.67 bits per heavy atom. The van der Waals surface area contributed by atoms with E-state index in [1.54, 1.807) is 24.6 Å². The van der Waals surface area contributed by atoms with Crippen molar-refractivity contribution in [3.8, 4) is 5.88 Å². The van der Waals surface area contributed by atoms with Gasteiger partial charge in [0.1, 0.15) is 0 Å². The van der Waals surface area contributed by atoms with E-state index in [1.807, 2.05) is 24.3 Å². The molecule has 6 heteroatoms. The Hall–Kier alpha value is -1.92. The van der Waals surface area contributed by atoms with Gasteiger partial charge in [-0.3, -0.25) is 4.79 Å². The molecule has 0 aliphatic carbocycles. The quantitative estimate of drug-likeness (QED) is 0.794. The van der Waals surface area contributed by atoms with E-state index in [0.717, 1.165) is 23.5 Å². The van der Waals surface area contributed by atoms with Crippen LogP contribution in [0, 0.1) is 0 Å². The van der Waals surface area contributed by atoms with E-state index < -0.39 is 0 Å². The number of ether oxygens (including phenoxy) is 2. The van der Waals surface area contributed by atoms with Crippen LogP contribution >= 0.6 is 11.3 Å². The largest absolute Gasteiger partial charge is 0.481 e. The van der Waals surface area contributed by atoms with Crippen LogP contribution in [0.5, 0.6) is 5.88 Å². The van der Waals surface area contributed by atoms with Crippen molar-refractivity contribution in [1.29, 1.82) is 0 Å². The minimum atomic E-state index is -0.208. The summed E-state index contributed by atoms with van der Waals surface area (Å²) in [5, 5.41) is 3.35. The summed E-state index contributed by atoms with van der Waals surface area (Å²) in [6.07, 6.45) is 2.13. The molecule has 0 saturated carbocycles. The molecule has 0 bridgehead atoms. The molecule has 0 atom stereocenters. The number of hydrogen-bond donors (Lipinski definition) is 1. The van der Waals surface area contributed by atoms with Crippen molar-refractivity contribution in [2.45, 2.75) is 19.5 Å². The fourth-order valence-corrected chi connectivity index (χ4v) is 2.77. The molecule has 0 radical (unpaired) electrons. The fraction of sp³-hybridized carbons (Fsp3) is 0.333. The highest BCUT2D eigenvalue weighted by Crippen LogP contribution is 2.17. The maximum atomic E-state index is 11.2. The molecule has 21 heavy (non-hydrogen) atoms. The van der Waals surface area contributed by atoms with Crippen LogP contribution < -0.4 is 10.1 Å². The molecule has 0 aliphatic heterocycles. The van der Waals surface area contributed by atoms with Crippen LogP contribution in [0.3, 0.4) is 0 Å². The number of carbonyl (C=O) groups is 1. The molecule has 0 unspecified atom stereocenters. The molecule has 0 fully saturated rings. The van der Waals surface area contributed by atoms with Crippen molar-refractivity contribution < 1.29 is 14.3 Å². The minimum Gasteiger partial charge on any atom is -0.481 e. The van der Waals surface area contributed by atoms with Crippen LogP contribution in [0.15, 0.2) is 30.5 Å². The number of thiophene rings is 1. The van der Waals surface area contributed by atoms with E-state index in [-0.39, 0.29) is 5.97 Å². The molecule has 2 rings (SSSR count). The summed E-state index contributed by atoms with van der Waals surface area (Å²) >= 11 is 1.62. The lowest BCUT2D eigenvalue weighted by molar-refractivity contribution is -0.139.